The van der Waals surface area contributed by atoms with Crippen molar-refractivity contribution in [3.05, 3.63) is 34.9 Å². The molecule has 0 saturated carbocycles. The lowest BCUT2D eigenvalue weighted by atomic mass is 9.78. The summed E-state index contributed by atoms with van der Waals surface area (Å²) < 4.78 is 5.90. The Balaban J connectivity index is 1.82. The van der Waals surface area contributed by atoms with Crippen molar-refractivity contribution in [2.45, 2.75) is 57.3 Å². The Morgan fingerprint density at radius 1 is 1.24 bits per heavy atom. The Morgan fingerprint density at radius 3 is 2.47 bits per heavy atom. The first-order chi connectivity index (χ1) is 8.05. The van der Waals surface area contributed by atoms with Crippen LogP contribution in [0.4, 0.5) is 0 Å². The van der Waals surface area contributed by atoms with E-state index >= 15 is 0 Å². The molecule has 17 heavy (non-hydrogen) atoms. The Morgan fingerprint density at radius 2 is 1.94 bits per heavy atom. The third kappa shape index (κ3) is 2.00. The van der Waals surface area contributed by atoms with Crippen LogP contribution in [0.1, 0.15) is 36.0 Å². The van der Waals surface area contributed by atoms with E-state index in [1.165, 1.54) is 23.1 Å². The van der Waals surface area contributed by atoms with Crippen molar-refractivity contribution < 1.29 is 4.74 Å². The third-order valence-corrected chi connectivity index (χ3v) is 4.17. The van der Waals surface area contributed by atoms with Gasteiger partial charge in [0.25, 0.3) is 0 Å². The molecule has 2 heteroatoms. The summed E-state index contributed by atoms with van der Waals surface area (Å²) in [6, 6.07) is 6.73. The maximum atomic E-state index is 6.55. The predicted molar refractivity (Wildman–Crippen MR) is 69.1 cm³/mol. The third-order valence-electron chi connectivity index (χ3n) is 4.17. The Hall–Kier alpha value is -0.860. The first-order valence-electron chi connectivity index (χ1n) is 6.57. The van der Waals surface area contributed by atoms with E-state index in [9.17, 15) is 0 Å². The van der Waals surface area contributed by atoms with E-state index in [0.29, 0.717) is 6.10 Å². The lowest BCUT2D eigenvalue weighted by Crippen LogP contribution is -2.50. The molecule has 2 N–H and O–H groups in total. The number of rotatable bonds is 2. The fraction of sp³-hybridized carbons (Fsp3) is 0.600. The number of hydrogen-bond acceptors (Lipinski definition) is 2. The molecule has 2 fully saturated rings. The molecular weight excluding hydrogens is 210 g/mol. The number of nitrogens with two attached hydrogens (primary N) is 1. The summed E-state index contributed by atoms with van der Waals surface area (Å²) in [5, 5.41) is 0. The predicted octanol–water partition coefficient (Wildman–Crippen LogP) is 2.49. The average Bonchev–Trinajstić information content (AvgIpc) is 2.74. The van der Waals surface area contributed by atoms with Crippen molar-refractivity contribution in [3.8, 4) is 0 Å². The van der Waals surface area contributed by atoms with Crippen LogP contribution in [0, 0.1) is 13.8 Å². The highest BCUT2D eigenvalue weighted by molar-refractivity contribution is 5.30. The second-order valence-electron chi connectivity index (χ2n) is 5.93. The van der Waals surface area contributed by atoms with Gasteiger partial charge >= 0.3 is 0 Å². The second-order valence-corrected chi connectivity index (χ2v) is 5.93. The van der Waals surface area contributed by atoms with Gasteiger partial charge in [0.1, 0.15) is 0 Å². The van der Waals surface area contributed by atoms with Crippen molar-refractivity contribution in [3.63, 3.8) is 0 Å². The standard InChI is InChI=1S/C15H21NO/c1-10-5-11(2)7-12(6-10)8-15(16)9-13-3-4-14(15)17-13/h5-7,13-14H,3-4,8-9,16H2,1-2H3. The molecule has 2 aliphatic heterocycles. The monoisotopic (exact) mass is 231 g/mol. The van der Waals surface area contributed by atoms with Crippen molar-refractivity contribution in [2.75, 3.05) is 0 Å². The summed E-state index contributed by atoms with van der Waals surface area (Å²) in [5.74, 6) is 0. The fourth-order valence-electron chi connectivity index (χ4n) is 3.57. The van der Waals surface area contributed by atoms with E-state index in [2.05, 4.69) is 32.0 Å². The molecular formula is C15H21NO. The molecule has 2 heterocycles. The summed E-state index contributed by atoms with van der Waals surface area (Å²) in [6.07, 6.45) is 5.05. The average molecular weight is 231 g/mol. The fourth-order valence-corrected chi connectivity index (χ4v) is 3.57. The van der Waals surface area contributed by atoms with Gasteiger partial charge in [0.15, 0.2) is 0 Å². The zero-order valence-electron chi connectivity index (χ0n) is 10.7. The van der Waals surface area contributed by atoms with E-state index in [1.54, 1.807) is 0 Å². The SMILES string of the molecule is Cc1cc(C)cc(CC2(N)CC3CCC2O3)c1. The van der Waals surface area contributed by atoms with E-state index in [-0.39, 0.29) is 11.6 Å². The Labute approximate surface area is 103 Å². The van der Waals surface area contributed by atoms with E-state index in [0.717, 1.165) is 19.3 Å². The number of hydrogen-bond donors (Lipinski definition) is 1. The minimum atomic E-state index is -0.122. The van der Waals surface area contributed by atoms with Crippen LogP contribution in [0.25, 0.3) is 0 Å². The van der Waals surface area contributed by atoms with Crippen LogP contribution in [-0.2, 0) is 11.2 Å². The van der Waals surface area contributed by atoms with Gasteiger partial charge in [-0.3, -0.25) is 0 Å². The van der Waals surface area contributed by atoms with Gasteiger partial charge in [-0.25, -0.2) is 0 Å². The molecule has 1 aromatic rings. The first kappa shape index (κ1) is 11.2. The first-order valence-corrected chi connectivity index (χ1v) is 6.57. The number of aryl methyl sites for hydroxylation is 2. The number of fused-ring (bicyclic) bond motifs is 2. The van der Waals surface area contributed by atoms with Crippen LogP contribution < -0.4 is 5.73 Å². The van der Waals surface area contributed by atoms with Gasteiger partial charge in [0.2, 0.25) is 0 Å². The molecule has 0 radical (unpaired) electrons. The van der Waals surface area contributed by atoms with E-state index < -0.39 is 0 Å². The maximum Gasteiger partial charge on any atom is 0.0763 e. The van der Waals surface area contributed by atoms with Gasteiger partial charge in [0.05, 0.1) is 12.2 Å². The van der Waals surface area contributed by atoms with Crippen molar-refractivity contribution in [1.82, 2.24) is 0 Å². The zero-order valence-corrected chi connectivity index (χ0v) is 10.7. The normalized spacial score (nSPS) is 35.5. The molecule has 3 rings (SSSR count). The van der Waals surface area contributed by atoms with Crippen molar-refractivity contribution in [1.29, 1.82) is 0 Å². The zero-order chi connectivity index (χ0) is 12.0. The minimum absolute atomic E-state index is 0.122. The molecule has 92 valence electrons. The molecule has 0 spiro atoms. The van der Waals surface area contributed by atoms with Gasteiger partial charge < -0.3 is 10.5 Å². The smallest absolute Gasteiger partial charge is 0.0763 e. The highest BCUT2D eigenvalue weighted by Gasteiger charge is 2.49. The summed E-state index contributed by atoms with van der Waals surface area (Å²) in [7, 11) is 0. The van der Waals surface area contributed by atoms with Crippen LogP contribution in [0.3, 0.4) is 0 Å². The number of benzene rings is 1. The molecule has 0 amide bonds. The molecule has 2 bridgehead atoms. The summed E-state index contributed by atoms with van der Waals surface area (Å²) >= 11 is 0. The van der Waals surface area contributed by atoms with Crippen LogP contribution >= 0.6 is 0 Å². The van der Waals surface area contributed by atoms with E-state index in [4.69, 9.17) is 10.5 Å². The highest BCUT2D eigenvalue weighted by atomic mass is 16.5. The van der Waals surface area contributed by atoms with Gasteiger partial charge in [-0.15, -0.1) is 0 Å². The molecule has 0 aliphatic carbocycles. The summed E-state index contributed by atoms with van der Waals surface area (Å²) in [4.78, 5) is 0. The largest absolute Gasteiger partial charge is 0.373 e. The van der Waals surface area contributed by atoms with Crippen LogP contribution in [0.15, 0.2) is 18.2 Å². The molecule has 3 unspecified atom stereocenters. The van der Waals surface area contributed by atoms with Crippen molar-refractivity contribution >= 4 is 0 Å². The summed E-state index contributed by atoms with van der Waals surface area (Å²) in [5.41, 5.74) is 10.4. The Kier molecular flexibility index (Phi) is 2.53. The van der Waals surface area contributed by atoms with Gasteiger partial charge in [0, 0.05) is 5.54 Å². The Bertz CT molecular complexity index is 422. The maximum absolute atomic E-state index is 6.55. The van der Waals surface area contributed by atoms with E-state index in [1.807, 2.05) is 0 Å². The minimum Gasteiger partial charge on any atom is -0.373 e. The highest BCUT2D eigenvalue weighted by Crippen LogP contribution is 2.41. The van der Waals surface area contributed by atoms with Crippen molar-refractivity contribution in [2.24, 2.45) is 5.73 Å². The van der Waals surface area contributed by atoms with Gasteiger partial charge in [-0.05, 0) is 45.1 Å². The molecule has 2 nitrogen and oxygen atoms in total. The number of ether oxygens (including phenoxy) is 1. The molecule has 2 saturated heterocycles. The van der Waals surface area contributed by atoms with Crippen LogP contribution in [0.5, 0.6) is 0 Å². The lowest BCUT2D eigenvalue weighted by molar-refractivity contribution is 0.0856. The quantitative estimate of drug-likeness (QED) is 0.848. The molecule has 0 aromatic heterocycles. The van der Waals surface area contributed by atoms with Crippen LogP contribution in [0.2, 0.25) is 0 Å². The molecule has 2 aliphatic rings. The topological polar surface area (TPSA) is 35.2 Å². The lowest BCUT2D eigenvalue weighted by Gasteiger charge is -2.31. The molecule has 1 aromatic carbocycles. The summed E-state index contributed by atoms with van der Waals surface area (Å²) in [6.45, 7) is 4.30. The molecule has 3 atom stereocenters. The van der Waals surface area contributed by atoms with Crippen LogP contribution in [-0.4, -0.2) is 17.7 Å². The second kappa shape index (κ2) is 3.82. The van der Waals surface area contributed by atoms with Gasteiger partial charge in [-0.1, -0.05) is 29.3 Å². The van der Waals surface area contributed by atoms with Gasteiger partial charge in [-0.2, -0.15) is 0 Å².